The lowest BCUT2D eigenvalue weighted by molar-refractivity contribution is -0.139. The van der Waals surface area contributed by atoms with E-state index in [1.165, 1.54) is 32.0 Å². The van der Waals surface area contributed by atoms with Crippen molar-refractivity contribution in [3.05, 3.63) is 23.8 Å². The van der Waals surface area contributed by atoms with Gasteiger partial charge in [0.05, 0.1) is 0 Å². The Bertz CT molecular complexity index is 854. The molecule has 3 N–H and O–H groups in total. The second kappa shape index (κ2) is 12.8. The number of carbonyl (C=O) groups is 4. The Morgan fingerprint density at radius 1 is 0.970 bits per heavy atom. The summed E-state index contributed by atoms with van der Waals surface area (Å²) in [5, 5.41) is 9.58. The van der Waals surface area contributed by atoms with E-state index in [0.717, 1.165) is 6.42 Å². The van der Waals surface area contributed by atoms with E-state index in [2.05, 4.69) is 0 Å². The molecule has 0 radical (unpaired) electrons. The van der Waals surface area contributed by atoms with E-state index in [9.17, 15) is 24.3 Å². The first-order valence-corrected chi connectivity index (χ1v) is 10.7. The zero-order valence-corrected chi connectivity index (χ0v) is 19.8. The van der Waals surface area contributed by atoms with Gasteiger partial charge in [0.2, 0.25) is 0 Å². The summed E-state index contributed by atoms with van der Waals surface area (Å²) in [4.78, 5) is 46.8. The zero-order chi connectivity index (χ0) is 25.3. The molecule has 0 aliphatic heterocycles. The van der Waals surface area contributed by atoms with Gasteiger partial charge in [-0.1, -0.05) is 26.3 Å². The van der Waals surface area contributed by atoms with Crippen molar-refractivity contribution < 1.29 is 43.2 Å². The van der Waals surface area contributed by atoms with Crippen LogP contribution in [-0.4, -0.2) is 47.4 Å². The number of carboxylic acids is 1. The summed E-state index contributed by atoms with van der Waals surface area (Å²) in [6.45, 7) is 9.38. The van der Waals surface area contributed by atoms with Gasteiger partial charge in [-0.2, -0.15) is 0 Å². The van der Waals surface area contributed by atoms with Gasteiger partial charge in [-0.15, -0.1) is 0 Å². The Kier molecular flexibility index (Phi) is 10.8. The highest BCUT2D eigenvalue weighted by Crippen LogP contribution is 2.37. The molecule has 0 bridgehead atoms. The molecule has 0 aliphatic carbocycles. The third-order valence-electron chi connectivity index (χ3n) is 5.11. The lowest BCUT2D eigenvalue weighted by atomic mass is 9.79. The van der Waals surface area contributed by atoms with E-state index in [4.69, 9.17) is 24.7 Å². The first-order chi connectivity index (χ1) is 15.4. The number of esters is 2. The van der Waals surface area contributed by atoms with Gasteiger partial charge in [-0.25, -0.2) is 4.79 Å². The van der Waals surface area contributed by atoms with Crippen molar-refractivity contribution in [2.75, 3.05) is 0 Å². The van der Waals surface area contributed by atoms with E-state index in [0.29, 0.717) is 12.0 Å². The lowest BCUT2D eigenvalue weighted by Crippen LogP contribution is -2.42. The van der Waals surface area contributed by atoms with Crippen LogP contribution in [0.15, 0.2) is 18.2 Å². The minimum atomic E-state index is -1.37. The van der Waals surface area contributed by atoms with Gasteiger partial charge in [0.25, 0.3) is 0 Å². The van der Waals surface area contributed by atoms with Gasteiger partial charge in [0, 0.05) is 25.7 Å². The molecule has 0 heterocycles. The Labute approximate surface area is 193 Å². The molecule has 1 rings (SSSR count). The lowest BCUT2D eigenvalue weighted by Gasteiger charge is -2.31. The first-order valence-electron chi connectivity index (χ1n) is 10.7. The molecular formula is C23H33NO9. The Morgan fingerprint density at radius 3 is 2.06 bits per heavy atom. The van der Waals surface area contributed by atoms with E-state index in [1.807, 2.05) is 6.92 Å². The van der Waals surface area contributed by atoms with Gasteiger partial charge in [0.1, 0.15) is 18.2 Å². The molecule has 10 heteroatoms. The maximum absolute atomic E-state index is 12.1. The van der Waals surface area contributed by atoms with Crippen LogP contribution in [0.25, 0.3) is 0 Å². The number of hydrogen-bond acceptors (Lipinski definition) is 9. The van der Waals surface area contributed by atoms with E-state index >= 15 is 0 Å². The SMILES string of the molecule is CCCC(C)OC(=O)OC(C)C(C)C(c1ccc(OC(C)=O)c(OC(C)=O)c1)[C@H](N)C(=O)O. The largest absolute Gasteiger partial charge is 0.508 e. The number of rotatable bonds is 11. The highest BCUT2D eigenvalue weighted by molar-refractivity contribution is 5.76. The number of carbonyl (C=O) groups excluding carboxylic acids is 3. The predicted octanol–water partition coefficient (Wildman–Crippen LogP) is 3.40. The molecule has 5 atom stereocenters. The van der Waals surface area contributed by atoms with Crippen molar-refractivity contribution in [1.82, 2.24) is 0 Å². The Balaban J connectivity index is 3.26. The van der Waals surface area contributed by atoms with Gasteiger partial charge in [-0.3, -0.25) is 14.4 Å². The third-order valence-corrected chi connectivity index (χ3v) is 5.11. The van der Waals surface area contributed by atoms with Crippen molar-refractivity contribution in [1.29, 1.82) is 0 Å². The monoisotopic (exact) mass is 467 g/mol. The van der Waals surface area contributed by atoms with Crippen LogP contribution >= 0.6 is 0 Å². The van der Waals surface area contributed by atoms with Gasteiger partial charge >= 0.3 is 24.1 Å². The second-order valence-corrected chi connectivity index (χ2v) is 7.93. The van der Waals surface area contributed by atoms with Gasteiger partial charge in [0.15, 0.2) is 11.5 Å². The van der Waals surface area contributed by atoms with Crippen LogP contribution in [0.1, 0.15) is 65.9 Å². The van der Waals surface area contributed by atoms with Crippen LogP contribution in [0.5, 0.6) is 11.5 Å². The molecule has 0 aromatic heterocycles. The number of ether oxygens (including phenoxy) is 4. The maximum Gasteiger partial charge on any atom is 0.508 e. The van der Waals surface area contributed by atoms with Crippen LogP contribution in [0.4, 0.5) is 4.79 Å². The Hall–Kier alpha value is -3.14. The standard InChI is InChI=1S/C23H33NO9/c1-7-8-12(2)30-23(29)31-14(4)13(3)20(21(24)22(27)28)17-9-10-18(32-15(5)25)19(11-17)33-16(6)26/h9-14,20-21H,7-8,24H2,1-6H3,(H,27,28)/t12?,13?,14?,20?,21-/m0/s1. The summed E-state index contributed by atoms with van der Waals surface area (Å²) in [5.41, 5.74) is 6.38. The molecule has 33 heavy (non-hydrogen) atoms. The third kappa shape index (κ3) is 8.72. The molecule has 0 aliphatic rings. The number of benzene rings is 1. The quantitative estimate of drug-likeness (QED) is 0.366. The van der Waals surface area contributed by atoms with Crippen molar-refractivity contribution in [2.45, 2.75) is 78.6 Å². The van der Waals surface area contributed by atoms with Crippen LogP contribution in [0.3, 0.4) is 0 Å². The minimum absolute atomic E-state index is 0.00506. The molecule has 184 valence electrons. The molecule has 0 saturated carbocycles. The summed E-state index contributed by atoms with van der Waals surface area (Å²) >= 11 is 0. The maximum atomic E-state index is 12.1. The van der Waals surface area contributed by atoms with Gasteiger partial charge in [-0.05, 0) is 38.0 Å². The molecule has 1 aromatic rings. The van der Waals surface area contributed by atoms with Crippen molar-refractivity contribution >= 4 is 24.1 Å². The van der Waals surface area contributed by atoms with Gasteiger partial charge < -0.3 is 29.8 Å². The fourth-order valence-electron chi connectivity index (χ4n) is 3.41. The van der Waals surface area contributed by atoms with E-state index in [-0.39, 0.29) is 17.6 Å². The minimum Gasteiger partial charge on any atom is -0.480 e. The molecular weight excluding hydrogens is 434 g/mol. The average molecular weight is 468 g/mol. The summed E-state index contributed by atoms with van der Waals surface area (Å²) in [5.74, 6) is -4.04. The molecule has 0 fully saturated rings. The highest BCUT2D eigenvalue weighted by Gasteiger charge is 2.36. The molecule has 1 aromatic carbocycles. The summed E-state index contributed by atoms with van der Waals surface area (Å²) in [6, 6.07) is 2.92. The number of aliphatic carboxylic acids is 1. The highest BCUT2D eigenvalue weighted by atomic mass is 16.7. The average Bonchev–Trinajstić information content (AvgIpc) is 2.68. The smallest absolute Gasteiger partial charge is 0.480 e. The van der Waals surface area contributed by atoms with E-state index < -0.39 is 48.0 Å². The molecule has 4 unspecified atom stereocenters. The summed E-state index contributed by atoms with van der Waals surface area (Å²) < 4.78 is 20.8. The fraction of sp³-hybridized carbons (Fsp3) is 0.565. The Morgan fingerprint density at radius 2 is 1.55 bits per heavy atom. The molecule has 0 amide bonds. The van der Waals surface area contributed by atoms with Crippen molar-refractivity contribution in [3.63, 3.8) is 0 Å². The first kappa shape index (κ1) is 27.9. The molecule has 0 spiro atoms. The topological polar surface area (TPSA) is 151 Å². The van der Waals surface area contributed by atoms with Crippen LogP contribution in [0.2, 0.25) is 0 Å². The predicted molar refractivity (Wildman–Crippen MR) is 118 cm³/mol. The van der Waals surface area contributed by atoms with Crippen LogP contribution in [0, 0.1) is 5.92 Å². The van der Waals surface area contributed by atoms with Crippen LogP contribution < -0.4 is 15.2 Å². The van der Waals surface area contributed by atoms with Crippen molar-refractivity contribution in [3.8, 4) is 11.5 Å². The number of hydrogen-bond donors (Lipinski definition) is 2. The number of nitrogens with two attached hydrogens (primary N) is 1. The van der Waals surface area contributed by atoms with Crippen LogP contribution in [-0.2, 0) is 23.9 Å². The normalized spacial score (nSPS) is 15.4. The zero-order valence-electron chi connectivity index (χ0n) is 19.8. The fourth-order valence-corrected chi connectivity index (χ4v) is 3.41. The molecule has 0 saturated heterocycles. The second-order valence-electron chi connectivity index (χ2n) is 7.93. The van der Waals surface area contributed by atoms with E-state index in [1.54, 1.807) is 20.8 Å². The summed E-state index contributed by atoms with van der Waals surface area (Å²) in [7, 11) is 0. The molecule has 10 nitrogen and oxygen atoms in total. The summed E-state index contributed by atoms with van der Waals surface area (Å²) in [6.07, 6.45) is -0.415. The number of carboxylic acid groups (broad SMARTS) is 1. The van der Waals surface area contributed by atoms with Crippen molar-refractivity contribution in [2.24, 2.45) is 11.7 Å².